The maximum atomic E-state index is 12.7. The first-order valence-corrected chi connectivity index (χ1v) is 10.5. The fourth-order valence-electron chi connectivity index (χ4n) is 3.91. The van der Waals surface area contributed by atoms with Crippen molar-refractivity contribution in [3.8, 4) is 0 Å². The number of nitrogens with one attached hydrogen (secondary N) is 3. The Morgan fingerprint density at radius 2 is 1.96 bits per heavy atom. The zero-order chi connectivity index (χ0) is 19.7. The van der Waals surface area contributed by atoms with Gasteiger partial charge in [-0.25, -0.2) is 4.98 Å². The summed E-state index contributed by atoms with van der Waals surface area (Å²) in [5, 5.41) is 3.44. The summed E-state index contributed by atoms with van der Waals surface area (Å²) in [6, 6.07) is 7.62. The Bertz CT molecular complexity index is 1070. The molecule has 0 bridgehead atoms. The average Bonchev–Trinajstić information content (AvgIpc) is 3.06. The fourth-order valence-corrected chi connectivity index (χ4v) is 5.19. The molecular formula is C21H25N4O2S+. The number of benzene rings is 1. The van der Waals surface area contributed by atoms with Gasteiger partial charge >= 0.3 is 0 Å². The molecule has 146 valence electrons. The minimum Gasteiger partial charge on any atom is -0.355 e. The predicted molar refractivity (Wildman–Crippen MR) is 111 cm³/mol. The van der Waals surface area contributed by atoms with Crippen molar-refractivity contribution in [3.63, 3.8) is 0 Å². The molecule has 2 aromatic heterocycles. The van der Waals surface area contributed by atoms with Gasteiger partial charge in [0.1, 0.15) is 17.9 Å². The van der Waals surface area contributed by atoms with Crippen LogP contribution >= 0.6 is 11.3 Å². The molecule has 0 saturated heterocycles. The number of rotatable bonds is 5. The van der Waals surface area contributed by atoms with Crippen LogP contribution in [0.4, 0.5) is 0 Å². The highest BCUT2D eigenvalue weighted by Gasteiger charge is 2.20. The predicted octanol–water partition coefficient (Wildman–Crippen LogP) is 1.44. The van der Waals surface area contributed by atoms with Gasteiger partial charge in [-0.1, -0.05) is 12.1 Å². The second-order valence-electron chi connectivity index (χ2n) is 7.49. The summed E-state index contributed by atoms with van der Waals surface area (Å²) in [5.41, 5.74) is 3.02. The number of thiophene rings is 1. The third-order valence-electron chi connectivity index (χ3n) is 5.29. The quantitative estimate of drug-likeness (QED) is 0.610. The molecule has 7 heteroatoms. The minimum absolute atomic E-state index is 0.00197. The zero-order valence-corrected chi connectivity index (χ0v) is 17.0. The zero-order valence-electron chi connectivity index (χ0n) is 16.2. The number of hydrogen-bond donors (Lipinski definition) is 3. The number of quaternary nitrogens is 1. The SMILES string of the molecule is CNC(=O)c1ccc(C[NH+](C)Cc2nc3sc4c(c3c(=O)[nH]2)CCCC4)cc1. The van der Waals surface area contributed by atoms with Crippen molar-refractivity contribution in [2.45, 2.75) is 38.8 Å². The van der Waals surface area contributed by atoms with Gasteiger partial charge < -0.3 is 15.2 Å². The van der Waals surface area contributed by atoms with Crippen LogP contribution in [-0.2, 0) is 25.9 Å². The summed E-state index contributed by atoms with van der Waals surface area (Å²) < 4.78 is 0. The van der Waals surface area contributed by atoms with Gasteiger partial charge in [0.2, 0.25) is 0 Å². The molecule has 1 aliphatic rings. The van der Waals surface area contributed by atoms with Crippen LogP contribution in [0.15, 0.2) is 29.1 Å². The molecule has 28 heavy (non-hydrogen) atoms. The largest absolute Gasteiger partial charge is 0.355 e. The normalized spacial score (nSPS) is 14.6. The van der Waals surface area contributed by atoms with E-state index in [0.29, 0.717) is 12.1 Å². The van der Waals surface area contributed by atoms with Gasteiger partial charge in [-0.2, -0.15) is 0 Å². The van der Waals surface area contributed by atoms with Gasteiger partial charge in [-0.05, 0) is 43.4 Å². The Hall–Kier alpha value is -2.51. The van der Waals surface area contributed by atoms with E-state index in [-0.39, 0.29) is 11.5 Å². The topological polar surface area (TPSA) is 79.3 Å². The van der Waals surface area contributed by atoms with Crippen molar-refractivity contribution in [1.82, 2.24) is 15.3 Å². The van der Waals surface area contributed by atoms with Gasteiger partial charge in [0.05, 0.1) is 12.4 Å². The molecule has 6 nitrogen and oxygen atoms in total. The molecule has 1 aliphatic carbocycles. The molecule has 1 atom stereocenters. The maximum Gasteiger partial charge on any atom is 0.260 e. The number of hydrogen-bond acceptors (Lipinski definition) is 4. The van der Waals surface area contributed by atoms with Crippen molar-refractivity contribution in [2.24, 2.45) is 0 Å². The van der Waals surface area contributed by atoms with E-state index in [4.69, 9.17) is 4.98 Å². The number of aryl methyl sites for hydroxylation is 2. The molecule has 1 amide bonds. The molecule has 1 unspecified atom stereocenters. The van der Waals surface area contributed by atoms with E-state index in [9.17, 15) is 9.59 Å². The molecule has 3 N–H and O–H groups in total. The van der Waals surface area contributed by atoms with Crippen LogP contribution < -0.4 is 15.8 Å². The van der Waals surface area contributed by atoms with E-state index in [1.54, 1.807) is 18.4 Å². The lowest BCUT2D eigenvalue weighted by Gasteiger charge is -2.14. The van der Waals surface area contributed by atoms with E-state index in [1.165, 1.54) is 21.8 Å². The summed E-state index contributed by atoms with van der Waals surface area (Å²) >= 11 is 1.69. The lowest BCUT2D eigenvalue weighted by molar-refractivity contribution is -0.908. The van der Waals surface area contributed by atoms with E-state index in [2.05, 4.69) is 17.3 Å². The molecule has 3 aromatic rings. The first kappa shape index (κ1) is 18.8. The third kappa shape index (κ3) is 3.72. The van der Waals surface area contributed by atoms with Crippen molar-refractivity contribution < 1.29 is 9.69 Å². The first-order chi connectivity index (χ1) is 13.5. The fraction of sp³-hybridized carbons (Fsp3) is 0.381. The highest BCUT2D eigenvalue weighted by Crippen LogP contribution is 2.33. The Morgan fingerprint density at radius 1 is 1.21 bits per heavy atom. The van der Waals surface area contributed by atoms with Crippen molar-refractivity contribution in [1.29, 1.82) is 0 Å². The Balaban J connectivity index is 1.50. The number of aromatic nitrogens is 2. The molecule has 0 fully saturated rings. The number of H-pyrrole nitrogens is 1. The molecule has 0 radical (unpaired) electrons. The first-order valence-electron chi connectivity index (χ1n) is 9.71. The van der Waals surface area contributed by atoms with Crippen molar-refractivity contribution >= 4 is 27.5 Å². The van der Waals surface area contributed by atoms with Crippen molar-refractivity contribution in [3.05, 3.63) is 62.0 Å². The highest BCUT2D eigenvalue weighted by molar-refractivity contribution is 7.18. The van der Waals surface area contributed by atoms with Gasteiger partial charge in [0.25, 0.3) is 11.5 Å². The summed E-state index contributed by atoms with van der Waals surface area (Å²) in [4.78, 5) is 35.5. The second kappa shape index (κ2) is 7.85. The van der Waals surface area contributed by atoms with E-state index >= 15 is 0 Å². The lowest BCUT2D eigenvalue weighted by atomic mass is 9.97. The summed E-state index contributed by atoms with van der Waals surface area (Å²) in [7, 11) is 3.71. The Kier molecular flexibility index (Phi) is 5.28. The molecule has 0 saturated carbocycles. The Morgan fingerprint density at radius 3 is 2.71 bits per heavy atom. The molecule has 0 spiro atoms. The standard InChI is InChI=1S/C21H24N4O2S/c1-22-19(26)14-9-7-13(8-10-14)11-25(2)12-17-23-20(27)18-15-5-3-4-6-16(15)28-21(18)24-17/h7-10H,3-6,11-12H2,1-2H3,(H,22,26)(H,23,24,27)/p+1. The van der Waals surface area contributed by atoms with Gasteiger partial charge in [-0.3, -0.25) is 9.59 Å². The molecule has 1 aromatic carbocycles. The smallest absolute Gasteiger partial charge is 0.260 e. The van der Waals surface area contributed by atoms with Gasteiger partial charge in [0.15, 0.2) is 5.82 Å². The summed E-state index contributed by atoms with van der Waals surface area (Å²) in [6.45, 7) is 1.43. The number of nitrogens with zero attached hydrogens (tertiary/aromatic N) is 1. The van der Waals surface area contributed by atoms with Crippen LogP contribution in [0.1, 0.15) is 45.0 Å². The van der Waals surface area contributed by atoms with Gasteiger partial charge in [0, 0.05) is 23.1 Å². The molecule has 0 aliphatic heterocycles. The average molecular weight is 398 g/mol. The van der Waals surface area contributed by atoms with Crippen LogP contribution in [0.3, 0.4) is 0 Å². The van der Waals surface area contributed by atoms with Crippen molar-refractivity contribution in [2.75, 3.05) is 14.1 Å². The van der Waals surface area contributed by atoms with Crippen LogP contribution in [0.2, 0.25) is 0 Å². The minimum atomic E-state index is -0.0824. The molecule has 2 heterocycles. The number of fused-ring (bicyclic) bond motifs is 3. The van der Waals surface area contributed by atoms with Crippen LogP contribution in [-0.4, -0.2) is 30.0 Å². The van der Waals surface area contributed by atoms with E-state index in [1.807, 2.05) is 24.3 Å². The van der Waals surface area contributed by atoms with Crippen LogP contribution in [0, 0.1) is 0 Å². The summed E-state index contributed by atoms with van der Waals surface area (Å²) in [6.07, 6.45) is 4.43. The number of carbonyl (C=O) groups excluding carboxylic acids is 1. The molecule has 4 rings (SSSR count). The summed E-state index contributed by atoms with van der Waals surface area (Å²) in [5.74, 6) is 0.650. The monoisotopic (exact) mass is 397 g/mol. The van der Waals surface area contributed by atoms with Gasteiger partial charge in [-0.15, -0.1) is 11.3 Å². The Labute approximate surface area is 167 Å². The second-order valence-corrected chi connectivity index (χ2v) is 8.57. The molecular weight excluding hydrogens is 372 g/mol. The van der Waals surface area contributed by atoms with E-state index < -0.39 is 0 Å². The number of carbonyl (C=O) groups is 1. The van der Waals surface area contributed by atoms with E-state index in [0.717, 1.165) is 47.4 Å². The number of amides is 1. The maximum absolute atomic E-state index is 12.7. The van der Waals surface area contributed by atoms with Crippen LogP contribution in [0.25, 0.3) is 10.2 Å². The highest BCUT2D eigenvalue weighted by atomic mass is 32.1. The number of aromatic amines is 1. The van der Waals surface area contributed by atoms with Crippen LogP contribution in [0.5, 0.6) is 0 Å². The third-order valence-corrected chi connectivity index (χ3v) is 6.48. The lowest BCUT2D eigenvalue weighted by Crippen LogP contribution is -3.06.